The number of aromatic nitrogens is 5. The molecule has 0 aliphatic carbocycles. The number of hydrogen-bond donors (Lipinski definition) is 3. The lowest BCUT2D eigenvalue weighted by atomic mass is 9.98. The molecule has 0 aliphatic heterocycles. The van der Waals surface area contributed by atoms with E-state index in [1.54, 1.807) is 0 Å². The second kappa shape index (κ2) is 9.27. The number of aryl methyl sites for hydroxylation is 1. The highest BCUT2D eigenvalue weighted by Crippen LogP contribution is 2.28. The third-order valence-corrected chi connectivity index (χ3v) is 6.02. The quantitative estimate of drug-likeness (QED) is 0.289. The van der Waals surface area contributed by atoms with E-state index in [2.05, 4.69) is 39.6 Å². The maximum Gasteiger partial charge on any atom is 0.234 e. The molecule has 0 bridgehead atoms. The number of nitrogen functional groups attached to an aromatic ring is 1. The van der Waals surface area contributed by atoms with Crippen molar-refractivity contribution in [2.75, 3.05) is 16.9 Å². The predicted octanol–water partition coefficient (Wildman–Crippen LogP) is 4.21. The second-order valence-electron chi connectivity index (χ2n) is 7.74. The summed E-state index contributed by atoms with van der Waals surface area (Å²) < 4.78 is 1.37. The average molecular weight is 448 g/mol. The molecule has 0 aliphatic rings. The van der Waals surface area contributed by atoms with Crippen LogP contribution >= 0.6 is 11.8 Å². The Morgan fingerprint density at radius 2 is 1.94 bits per heavy atom. The molecule has 9 heteroatoms. The summed E-state index contributed by atoms with van der Waals surface area (Å²) >= 11 is 1.23. The number of para-hydroxylation sites is 1. The molecular formula is C23H25N7OS. The van der Waals surface area contributed by atoms with Gasteiger partial charge in [-0.25, -0.2) is 4.68 Å². The second-order valence-corrected chi connectivity index (χ2v) is 8.68. The molecule has 2 heterocycles. The molecule has 0 unspecified atom stereocenters. The van der Waals surface area contributed by atoms with E-state index in [4.69, 9.17) is 5.84 Å². The van der Waals surface area contributed by atoms with Crippen LogP contribution in [0.2, 0.25) is 0 Å². The number of hydrogen-bond acceptors (Lipinski definition) is 6. The summed E-state index contributed by atoms with van der Waals surface area (Å²) in [5.41, 5.74) is 5.44. The lowest BCUT2D eigenvalue weighted by Gasteiger charge is -2.16. The first kappa shape index (κ1) is 21.6. The van der Waals surface area contributed by atoms with Gasteiger partial charge in [0, 0.05) is 11.3 Å². The fourth-order valence-corrected chi connectivity index (χ4v) is 4.06. The lowest BCUT2D eigenvalue weighted by Crippen LogP contribution is -2.18. The van der Waals surface area contributed by atoms with Crippen LogP contribution in [0.4, 0.5) is 5.69 Å². The molecule has 0 atom stereocenters. The molecule has 0 fully saturated rings. The van der Waals surface area contributed by atoms with Gasteiger partial charge in [0.15, 0.2) is 0 Å². The van der Waals surface area contributed by atoms with Gasteiger partial charge in [-0.1, -0.05) is 74.1 Å². The maximum atomic E-state index is 12.6. The first-order chi connectivity index (χ1) is 15.4. The van der Waals surface area contributed by atoms with Gasteiger partial charge in [0.1, 0.15) is 5.69 Å². The Labute approximate surface area is 190 Å². The van der Waals surface area contributed by atoms with Gasteiger partial charge in [0.2, 0.25) is 16.9 Å². The Kier molecular flexibility index (Phi) is 6.27. The molecule has 1 amide bonds. The number of rotatable bonds is 7. The van der Waals surface area contributed by atoms with E-state index >= 15 is 0 Å². The Balaban J connectivity index is 1.44. The van der Waals surface area contributed by atoms with Crippen LogP contribution in [0.25, 0.3) is 22.8 Å². The summed E-state index contributed by atoms with van der Waals surface area (Å²) in [4.78, 5) is 12.6. The van der Waals surface area contributed by atoms with E-state index in [0.717, 1.165) is 28.1 Å². The predicted molar refractivity (Wildman–Crippen MR) is 128 cm³/mol. The van der Waals surface area contributed by atoms with Gasteiger partial charge in [-0.05, 0) is 30.0 Å². The van der Waals surface area contributed by atoms with Crippen molar-refractivity contribution in [3.8, 4) is 22.8 Å². The lowest BCUT2D eigenvalue weighted by molar-refractivity contribution is -0.113. The summed E-state index contributed by atoms with van der Waals surface area (Å²) in [6, 6.07) is 17.7. The van der Waals surface area contributed by atoms with Crippen molar-refractivity contribution in [3.05, 3.63) is 65.7 Å². The fourth-order valence-electron chi connectivity index (χ4n) is 3.40. The smallest absolute Gasteiger partial charge is 0.234 e. The minimum Gasteiger partial charge on any atom is -0.335 e. The first-order valence-electron chi connectivity index (χ1n) is 10.3. The standard InChI is InChI=1S/C23H25N7OS/c1-14(2)17-11-7-8-15(3)21(17)25-20(31)13-32-23-29-28-22(30(23)24)19-12-18(26-27-19)16-9-5-4-6-10-16/h4-12,14H,13,24H2,1-3H3,(H,25,31)(H,26,27). The molecule has 164 valence electrons. The van der Waals surface area contributed by atoms with Crippen molar-refractivity contribution in [1.29, 1.82) is 0 Å². The number of thioether (sulfide) groups is 1. The van der Waals surface area contributed by atoms with Gasteiger partial charge in [-0.15, -0.1) is 10.2 Å². The van der Waals surface area contributed by atoms with Crippen LogP contribution in [0.1, 0.15) is 30.9 Å². The highest BCUT2D eigenvalue weighted by molar-refractivity contribution is 7.99. The molecule has 0 saturated carbocycles. The van der Waals surface area contributed by atoms with Crippen molar-refractivity contribution in [2.24, 2.45) is 0 Å². The zero-order valence-electron chi connectivity index (χ0n) is 18.2. The minimum absolute atomic E-state index is 0.122. The zero-order chi connectivity index (χ0) is 22.7. The highest BCUT2D eigenvalue weighted by atomic mass is 32.2. The van der Waals surface area contributed by atoms with Gasteiger partial charge in [0.05, 0.1) is 11.4 Å². The Bertz CT molecular complexity index is 1230. The fraction of sp³-hybridized carbons (Fsp3) is 0.217. The normalized spacial score (nSPS) is 11.1. The third-order valence-electron chi connectivity index (χ3n) is 5.08. The number of anilines is 1. The molecular weight excluding hydrogens is 422 g/mol. The van der Waals surface area contributed by atoms with Crippen LogP contribution in [0, 0.1) is 6.92 Å². The van der Waals surface area contributed by atoms with Crippen LogP contribution in [-0.2, 0) is 4.79 Å². The number of nitrogens with one attached hydrogen (secondary N) is 2. The minimum atomic E-state index is -0.122. The Morgan fingerprint density at radius 1 is 1.16 bits per heavy atom. The van der Waals surface area contributed by atoms with Crippen LogP contribution in [0.3, 0.4) is 0 Å². The maximum absolute atomic E-state index is 12.6. The summed E-state index contributed by atoms with van der Waals surface area (Å²) in [6.45, 7) is 6.21. The van der Waals surface area contributed by atoms with E-state index in [-0.39, 0.29) is 11.7 Å². The van der Waals surface area contributed by atoms with Crippen molar-refractivity contribution < 1.29 is 4.79 Å². The van der Waals surface area contributed by atoms with Gasteiger partial charge >= 0.3 is 0 Å². The van der Waals surface area contributed by atoms with E-state index in [0.29, 0.717) is 22.6 Å². The van der Waals surface area contributed by atoms with Gasteiger partial charge in [0.25, 0.3) is 0 Å². The monoisotopic (exact) mass is 447 g/mol. The van der Waals surface area contributed by atoms with Crippen molar-refractivity contribution in [3.63, 3.8) is 0 Å². The molecule has 0 radical (unpaired) electrons. The van der Waals surface area contributed by atoms with Crippen LogP contribution in [0.15, 0.2) is 59.8 Å². The Morgan fingerprint density at radius 3 is 2.69 bits per heavy atom. The van der Waals surface area contributed by atoms with E-state index < -0.39 is 0 Å². The Hall–Kier alpha value is -3.59. The summed E-state index contributed by atoms with van der Waals surface area (Å²) in [6.07, 6.45) is 0. The van der Waals surface area contributed by atoms with E-state index in [1.807, 2.05) is 61.5 Å². The van der Waals surface area contributed by atoms with E-state index in [9.17, 15) is 4.79 Å². The SMILES string of the molecule is Cc1cccc(C(C)C)c1NC(=O)CSc1nnc(-c2cc(-c3ccccc3)n[nH]2)n1N. The average Bonchev–Trinajstić information content (AvgIpc) is 3.41. The van der Waals surface area contributed by atoms with Gasteiger partial charge < -0.3 is 11.2 Å². The molecule has 0 saturated heterocycles. The van der Waals surface area contributed by atoms with Gasteiger partial charge in [-0.2, -0.15) is 5.10 Å². The first-order valence-corrected chi connectivity index (χ1v) is 11.3. The van der Waals surface area contributed by atoms with Crippen molar-refractivity contribution >= 4 is 23.4 Å². The van der Waals surface area contributed by atoms with Crippen LogP contribution < -0.4 is 11.2 Å². The molecule has 4 N–H and O–H groups in total. The number of benzene rings is 2. The third kappa shape index (κ3) is 4.52. The molecule has 0 spiro atoms. The largest absolute Gasteiger partial charge is 0.335 e. The molecule has 4 rings (SSSR count). The molecule has 2 aromatic carbocycles. The van der Waals surface area contributed by atoms with Crippen molar-refractivity contribution in [1.82, 2.24) is 25.1 Å². The number of carbonyl (C=O) groups excluding carboxylic acids is 1. The number of nitrogens with two attached hydrogens (primary N) is 1. The number of aromatic amines is 1. The number of carbonyl (C=O) groups is 1. The summed E-state index contributed by atoms with van der Waals surface area (Å²) in [5, 5.41) is 19.1. The number of amides is 1. The number of H-pyrrole nitrogens is 1. The summed E-state index contributed by atoms with van der Waals surface area (Å²) in [5.74, 6) is 7.00. The molecule has 32 heavy (non-hydrogen) atoms. The van der Waals surface area contributed by atoms with Crippen molar-refractivity contribution in [2.45, 2.75) is 31.8 Å². The highest BCUT2D eigenvalue weighted by Gasteiger charge is 2.17. The number of nitrogens with zero attached hydrogens (tertiary/aromatic N) is 4. The molecule has 4 aromatic rings. The molecule has 8 nitrogen and oxygen atoms in total. The van der Waals surface area contributed by atoms with Crippen LogP contribution in [0.5, 0.6) is 0 Å². The van der Waals surface area contributed by atoms with E-state index in [1.165, 1.54) is 16.4 Å². The zero-order valence-corrected chi connectivity index (χ0v) is 19.0. The molecule has 2 aromatic heterocycles. The van der Waals surface area contributed by atoms with Crippen LogP contribution in [-0.4, -0.2) is 36.7 Å². The van der Waals surface area contributed by atoms with Gasteiger partial charge in [-0.3, -0.25) is 9.89 Å². The topological polar surface area (TPSA) is 115 Å². The summed E-state index contributed by atoms with van der Waals surface area (Å²) in [7, 11) is 0.